The number of carboxylic acid groups (broad SMARTS) is 1. The van der Waals surface area contributed by atoms with Gasteiger partial charge in [-0.25, -0.2) is 4.79 Å². The molecule has 0 radical (unpaired) electrons. The number of nitrogens with one attached hydrogen (secondary N) is 1. The van der Waals surface area contributed by atoms with Crippen LogP contribution >= 0.6 is 0 Å². The summed E-state index contributed by atoms with van der Waals surface area (Å²) in [6, 6.07) is 7.13. The number of benzene rings is 1. The second kappa shape index (κ2) is 4.91. The Hall–Kier alpha value is -2.04. The van der Waals surface area contributed by atoms with E-state index in [1.807, 2.05) is 25.1 Å². The predicted octanol–water partition coefficient (Wildman–Crippen LogP) is 1.49. The van der Waals surface area contributed by atoms with Crippen LogP contribution in [0, 0.1) is 0 Å². The fourth-order valence-corrected chi connectivity index (χ4v) is 2.14. The van der Waals surface area contributed by atoms with Crippen molar-refractivity contribution in [3.8, 4) is 0 Å². The second-order valence-electron chi connectivity index (χ2n) is 5.14. The third kappa shape index (κ3) is 2.54. The lowest BCUT2D eigenvalue weighted by Crippen LogP contribution is -2.59. The number of nitrogens with zero attached hydrogens (tertiary/aromatic N) is 1. The van der Waals surface area contributed by atoms with Gasteiger partial charge in [0.1, 0.15) is 5.54 Å². The van der Waals surface area contributed by atoms with Crippen molar-refractivity contribution in [3.63, 3.8) is 0 Å². The third-order valence-corrected chi connectivity index (χ3v) is 3.59. The fraction of sp³-hybridized carbons (Fsp3) is 0.429. The minimum Gasteiger partial charge on any atom is -0.480 e. The number of amides is 1. The Bertz CT molecular complexity index is 507. The van der Waals surface area contributed by atoms with E-state index in [0.717, 1.165) is 12.1 Å². The normalized spacial score (nSPS) is 16.3. The molecule has 1 aromatic carbocycles. The van der Waals surface area contributed by atoms with E-state index in [2.05, 4.69) is 5.32 Å². The number of hydrogen-bond donors (Lipinski definition) is 2. The number of carbonyl (C=O) groups is 2. The third-order valence-electron chi connectivity index (χ3n) is 3.59. The van der Waals surface area contributed by atoms with Crippen LogP contribution in [0.3, 0.4) is 0 Å². The van der Waals surface area contributed by atoms with Gasteiger partial charge in [-0.15, -0.1) is 0 Å². The molecule has 0 bridgehead atoms. The molecule has 0 saturated heterocycles. The Kier molecular flexibility index (Phi) is 3.46. The number of rotatable bonds is 4. The zero-order valence-corrected chi connectivity index (χ0v) is 11.1. The maximum absolute atomic E-state index is 12.1. The molecule has 2 N–H and O–H groups in total. The van der Waals surface area contributed by atoms with Crippen molar-refractivity contribution in [2.45, 2.75) is 24.8 Å². The standard InChI is InChI=1S/C14H18N2O3/c1-16(2)11-6-3-5-10(9-11)12(17)15-14(13(18)19)7-4-8-14/h3,5-6,9H,4,7-8H2,1-2H3,(H,15,17)(H,18,19). The summed E-state index contributed by atoms with van der Waals surface area (Å²) in [5.41, 5.74) is 0.329. The molecule has 1 aromatic rings. The molecule has 1 saturated carbocycles. The molecule has 5 heteroatoms. The molecule has 1 amide bonds. The lowest BCUT2D eigenvalue weighted by atomic mass is 9.76. The zero-order chi connectivity index (χ0) is 14.0. The van der Waals surface area contributed by atoms with E-state index in [0.29, 0.717) is 18.4 Å². The van der Waals surface area contributed by atoms with Crippen molar-refractivity contribution in [3.05, 3.63) is 29.8 Å². The first-order valence-corrected chi connectivity index (χ1v) is 6.28. The van der Waals surface area contributed by atoms with E-state index in [1.54, 1.807) is 18.2 Å². The zero-order valence-electron chi connectivity index (χ0n) is 11.1. The summed E-state index contributed by atoms with van der Waals surface area (Å²) in [7, 11) is 3.78. The molecule has 0 unspecified atom stereocenters. The largest absolute Gasteiger partial charge is 0.480 e. The van der Waals surface area contributed by atoms with Crippen LogP contribution in [0.5, 0.6) is 0 Å². The van der Waals surface area contributed by atoms with Crippen molar-refractivity contribution < 1.29 is 14.7 Å². The van der Waals surface area contributed by atoms with Crippen molar-refractivity contribution in [1.29, 1.82) is 0 Å². The van der Waals surface area contributed by atoms with Crippen LogP contribution in [0.15, 0.2) is 24.3 Å². The maximum atomic E-state index is 12.1. The van der Waals surface area contributed by atoms with Crippen LogP contribution in [0.4, 0.5) is 5.69 Å². The SMILES string of the molecule is CN(C)c1cccc(C(=O)NC2(C(=O)O)CCC2)c1. The quantitative estimate of drug-likeness (QED) is 0.862. The van der Waals surface area contributed by atoms with Gasteiger partial charge in [0, 0.05) is 25.3 Å². The summed E-state index contributed by atoms with van der Waals surface area (Å²) in [6.45, 7) is 0. The van der Waals surface area contributed by atoms with E-state index >= 15 is 0 Å². The minimum atomic E-state index is -1.06. The molecule has 0 aliphatic heterocycles. The van der Waals surface area contributed by atoms with Crippen LogP contribution in [0.1, 0.15) is 29.6 Å². The van der Waals surface area contributed by atoms with Crippen molar-refractivity contribution >= 4 is 17.6 Å². The first-order chi connectivity index (χ1) is 8.94. The highest BCUT2D eigenvalue weighted by molar-refractivity contribution is 5.98. The van der Waals surface area contributed by atoms with Gasteiger partial charge in [-0.3, -0.25) is 4.79 Å². The molecule has 0 atom stereocenters. The Balaban J connectivity index is 2.16. The average Bonchev–Trinajstić information content (AvgIpc) is 2.33. The number of hydrogen-bond acceptors (Lipinski definition) is 3. The Labute approximate surface area is 112 Å². The number of aliphatic carboxylic acids is 1. The van der Waals surface area contributed by atoms with Gasteiger partial charge in [0.15, 0.2) is 0 Å². The van der Waals surface area contributed by atoms with Gasteiger partial charge >= 0.3 is 5.97 Å². The lowest BCUT2D eigenvalue weighted by Gasteiger charge is -2.38. The first-order valence-electron chi connectivity index (χ1n) is 6.28. The number of anilines is 1. The van der Waals surface area contributed by atoms with E-state index in [-0.39, 0.29) is 5.91 Å². The van der Waals surface area contributed by atoms with Crippen molar-refractivity contribution in [2.24, 2.45) is 0 Å². The molecule has 0 aromatic heterocycles. The van der Waals surface area contributed by atoms with Crippen LogP contribution in [-0.4, -0.2) is 36.6 Å². The summed E-state index contributed by atoms with van der Waals surface area (Å²) < 4.78 is 0. The highest BCUT2D eigenvalue weighted by atomic mass is 16.4. The average molecular weight is 262 g/mol. The van der Waals surface area contributed by atoms with Gasteiger partial charge < -0.3 is 15.3 Å². The van der Waals surface area contributed by atoms with Crippen LogP contribution in [0.25, 0.3) is 0 Å². The summed E-state index contributed by atoms with van der Waals surface area (Å²) in [5, 5.41) is 11.9. The topological polar surface area (TPSA) is 69.6 Å². The van der Waals surface area contributed by atoms with Gasteiger partial charge in [-0.1, -0.05) is 6.07 Å². The van der Waals surface area contributed by atoms with Crippen molar-refractivity contribution in [2.75, 3.05) is 19.0 Å². The molecule has 5 nitrogen and oxygen atoms in total. The van der Waals surface area contributed by atoms with E-state index < -0.39 is 11.5 Å². The van der Waals surface area contributed by atoms with Crippen LogP contribution in [0.2, 0.25) is 0 Å². The number of carbonyl (C=O) groups excluding carboxylic acids is 1. The van der Waals surface area contributed by atoms with E-state index in [1.165, 1.54) is 0 Å². The van der Waals surface area contributed by atoms with E-state index in [9.17, 15) is 14.7 Å². The van der Waals surface area contributed by atoms with Gasteiger partial charge in [-0.2, -0.15) is 0 Å². The Morgan fingerprint density at radius 2 is 2.00 bits per heavy atom. The number of carboxylic acids is 1. The van der Waals surface area contributed by atoms with Crippen molar-refractivity contribution in [1.82, 2.24) is 5.32 Å². The molecule has 0 heterocycles. The maximum Gasteiger partial charge on any atom is 0.329 e. The predicted molar refractivity (Wildman–Crippen MR) is 72.5 cm³/mol. The molecular formula is C14H18N2O3. The van der Waals surface area contributed by atoms with Gasteiger partial charge in [0.25, 0.3) is 5.91 Å². The van der Waals surface area contributed by atoms with Gasteiger partial charge in [-0.05, 0) is 37.5 Å². The van der Waals surface area contributed by atoms with Crippen LogP contribution in [-0.2, 0) is 4.79 Å². The molecule has 1 fully saturated rings. The fourth-order valence-electron chi connectivity index (χ4n) is 2.14. The minimum absolute atomic E-state index is 0.328. The van der Waals surface area contributed by atoms with E-state index in [4.69, 9.17) is 0 Å². The van der Waals surface area contributed by atoms with Gasteiger partial charge in [0.05, 0.1) is 0 Å². The lowest BCUT2D eigenvalue weighted by molar-refractivity contribution is -0.148. The second-order valence-corrected chi connectivity index (χ2v) is 5.14. The molecule has 19 heavy (non-hydrogen) atoms. The van der Waals surface area contributed by atoms with Crippen LogP contribution < -0.4 is 10.2 Å². The smallest absolute Gasteiger partial charge is 0.329 e. The summed E-state index contributed by atoms with van der Waals surface area (Å²) in [5.74, 6) is -1.28. The van der Waals surface area contributed by atoms with Gasteiger partial charge in [0.2, 0.25) is 0 Å². The summed E-state index contributed by atoms with van der Waals surface area (Å²) in [6.07, 6.45) is 1.84. The summed E-state index contributed by atoms with van der Waals surface area (Å²) >= 11 is 0. The highest BCUT2D eigenvalue weighted by Crippen LogP contribution is 2.32. The molecule has 1 aliphatic carbocycles. The first kappa shape index (κ1) is 13.4. The molecule has 102 valence electrons. The molecule has 1 aliphatic rings. The molecule has 0 spiro atoms. The Morgan fingerprint density at radius 1 is 1.32 bits per heavy atom. The Morgan fingerprint density at radius 3 is 2.47 bits per heavy atom. The molecular weight excluding hydrogens is 244 g/mol. The molecule has 2 rings (SSSR count). The summed E-state index contributed by atoms with van der Waals surface area (Å²) in [4.78, 5) is 25.3. The monoisotopic (exact) mass is 262 g/mol. The highest BCUT2D eigenvalue weighted by Gasteiger charge is 2.45.